The fourth-order valence-corrected chi connectivity index (χ4v) is 2.40. The molecule has 0 aliphatic rings. The van der Waals surface area contributed by atoms with Gasteiger partial charge in [0.2, 0.25) is 4.96 Å². The summed E-state index contributed by atoms with van der Waals surface area (Å²) in [4.78, 5) is 0.746. The highest BCUT2D eigenvalue weighted by atomic mass is 32.1. The Balaban J connectivity index is 2.12. The van der Waals surface area contributed by atoms with Crippen molar-refractivity contribution in [1.29, 1.82) is 0 Å². The number of methoxy groups -OCH3 is 1. The maximum Gasteiger partial charge on any atom is 0.234 e. The van der Waals surface area contributed by atoms with Gasteiger partial charge in [-0.05, 0) is 12.1 Å². The maximum absolute atomic E-state index is 5.96. The van der Waals surface area contributed by atoms with Gasteiger partial charge in [-0.2, -0.15) is 9.61 Å². The van der Waals surface area contributed by atoms with Crippen molar-refractivity contribution >= 4 is 22.0 Å². The summed E-state index contributed by atoms with van der Waals surface area (Å²) in [5, 5.41) is 12.9. The van der Waals surface area contributed by atoms with E-state index in [-0.39, 0.29) is 0 Å². The largest absolute Gasteiger partial charge is 0.497 e. The molecule has 2 heterocycles. The summed E-state index contributed by atoms with van der Waals surface area (Å²) < 4.78 is 6.73. The predicted octanol–water partition coefficient (Wildman–Crippen LogP) is 1.44. The van der Waals surface area contributed by atoms with Crippen molar-refractivity contribution in [3.05, 3.63) is 24.5 Å². The second kappa shape index (κ2) is 3.70. The molecule has 2 N–H and O–H groups in total. The average Bonchev–Trinajstić information content (AvgIpc) is 2.89. The zero-order chi connectivity index (χ0) is 11.8. The van der Waals surface area contributed by atoms with Crippen molar-refractivity contribution in [2.75, 3.05) is 12.8 Å². The first-order chi connectivity index (χ1) is 8.28. The zero-order valence-corrected chi connectivity index (χ0v) is 9.81. The van der Waals surface area contributed by atoms with E-state index >= 15 is 0 Å². The summed E-state index contributed by atoms with van der Waals surface area (Å²) in [7, 11) is 1.61. The number of ether oxygens (including phenoxy) is 1. The zero-order valence-electron chi connectivity index (χ0n) is 8.99. The molecule has 86 valence electrons. The molecule has 0 aliphatic heterocycles. The number of nitrogens with zero attached hydrogens (tertiary/aromatic N) is 4. The van der Waals surface area contributed by atoms with E-state index < -0.39 is 0 Å². The van der Waals surface area contributed by atoms with Gasteiger partial charge in [-0.3, -0.25) is 0 Å². The van der Waals surface area contributed by atoms with Crippen LogP contribution in [0.15, 0.2) is 24.5 Å². The van der Waals surface area contributed by atoms with Gasteiger partial charge in [0.25, 0.3) is 0 Å². The Morgan fingerprint density at radius 3 is 3.00 bits per heavy atom. The van der Waals surface area contributed by atoms with Crippen LogP contribution in [-0.4, -0.2) is 26.9 Å². The topological polar surface area (TPSA) is 78.3 Å². The number of anilines is 1. The highest BCUT2D eigenvalue weighted by molar-refractivity contribution is 7.19. The number of hydrogen-bond acceptors (Lipinski definition) is 6. The van der Waals surface area contributed by atoms with Crippen molar-refractivity contribution in [3.8, 4) is 16.3 Å². The van der Waals surface area contributed by atoms with Crippen LogP contribution >= 0.6 is 11.3 Å². The molecule has 3 aromatic rings. The van der Waals surface area contributed by atoms with Gasteiger partial charge in [-0.1, -0.05) is 11.3 Å². The minimum atomic E-state index is 0.634. The molecule has 3 rings (SSSR count). The van der Waals surface area contributed by atoms with Crippen LogP contribution in [0.25, 0.3) is 15.5 Å². The lowest BCUT2D eigenvalue weighted by Gasteiger charge is -2.04. The van der Waals surface area contributed by atoms with Crippen molar-refractivity contribution in [3.63, 3.8) is 0 Å². The number of rotatable bonds is 2. The maximum atomic E-state index is 5.96. The van der Waals surface area contributed by atoms with E-state index in [9.17, 15) is 0 Å². The molecule has 2 aromatic heterocycles. The van der Waals surface area contributed by atoms with Crippen LogP contribution in [0, 0.1) is 0 Å². The molecule has 0 bridgehead atoms. The summed E-state index contributed by atoms with van der Waals surface area (Å²) in [6.07, 6.45) is 1.56. The average molecular weight is 247 g/mol. The predicted molar refractivity (Wildman–Crippen MR) is 65.1 cm³/mol. The van der Waals surface area contributed by atoms with Gasteiger partial charge in [-0.25, -0.2) is 0 Å². The summed E-state index contributed by atoms with van der Waals surface area (Å²) in [6.45, 7) is 0. The van der Waals surface area contributed by atoms with Crippen molar-refractivity contribution in [2.24, 2.45) is 0 Å². The van der Waals surface area contributed by atoms with Gasteiger partial charge in [0, 0.05) is 17.3 Å². The molecule has 17 heavy (non-hydrogen) atoms. The van der Waals surface area contributed by atoms with Crippen molar-refractivity contribution in [2.45, 2.75) is 0 Å². The van der Waals surface area contributed by atoms with Crippen LogP contribution in [0.3, 0.4) is 0 Å². The molecule has 0 saturated carbocycles. The Labute approximate surface area is 101 Å². The quantitative estimate of drug-likeness (QED) is 0.693. The fraction of sp³-hybridized carbons (Fsp3) is 0.100. The normalized spacial score (nSPS) is 10.9. The molecule has 0 spiro atoms. The molecule has 7 heteroatoms. The SMILES string of the molecule is COc1ccc(-c2nn3cnnc3s2)c(N)c1. The third kappa shape index (κ3) is 1.60. The Kier molecular flexibility index (Phi) is 2.19. The van der Waals surface area contributed by atoms with Crippen LogP contribution < -0.4 is 10.5 Å². The van der Waals surface area contributed by atoms with Gasteiger partial charge in [0.1, 0.15) is 17.1 Å². The minimum Gasteiger partial charge on any atom is -0.497 e. The first kappa shape index (κ1) is 10.0. The number of nitrogen functional groups attached to an aromatic ring is 1. The molecule has 0 unspecified atom stereocenters. The number of benzene rings is 1. The first-order valence-corrected chi connectivity index (χ1v) is 5.70. The Bertz CT molecular complexity index is 646. The highest BCUT2D eigenvalue weighted by Gasteiger charge is 2.10. The van der Waals surface area contributed by atoms with Gasteiger partial charge >= 0.3 is 0 Å². The lowest BCUT2D eigenvalue weighted by molar-refractivity contribution is 0.415. The summed E-state index contributed by atoms with van der Waals surface area (Å²) >= 11 is 1.44. The van der Waals surface area contributed by atoms with E-state index in [1.807, 2.05) is 12.1 Å². The first-order valence-electron chi connectivity index (χ1n) is 4.88. The molecule has 0 amide bonds. The Morgan fingerprint density at radius 1 is 1.41 bits per heavy atom. The minimum absolute atomic E-state index is 0.634. The smallest absolute Gasteiger partial charge is 0.234 e. The summed E-state index contributed by atoms with van der Waals surface area (Å²) in [5.41, 5.74) is 7.47. The molecule has 0 aliphatic carbocycles. The van der Waals surface area contributed by atoms with Crippen molar-refractivity contribution in [1.82, 2.24) is 19.8 Å². The van der Waals surface area contributed by atoms with Gasteiger partial charge in [0.05, 0.1) is 7.11 Å². The third-order valence-electron chi connectivity index (χ3n) is 2.38. The summed E-state index contributed by atoms with van der Waals surface area (Å²) in [5.74, 6) is 0.731. The highest BCUT2D eigenvalue weighted by Crippen LogP contribution is 2.31. The summed E-state index contributed by atoms with van der Waals surface area (Å²) in [6, 6.07) is 5.52. The number of nitrogens with two attached hydrogens (primary N) is 1. The molecular weight excluding hydrogens is 238 g/mol. The molecule has 0 saturated heterocycles. The molecule has 0 atom stereocenters. The van der Waals surface area contributed by atoms with E-state index in [4.69, 9.17) is 10.5 Å². The standard InChI is InChI=1S/C10H9N5OS/c1-16-6-2-3-7(8(11)4-6)9-14-15-5-12-13-10(15)17-9/h2-5H,11H2,1H3. The molecular formula is C10H9N5OS. The lowest BCUT2D eigenvalue weighted by Crippen LogP contribution is -1.92. The van der Waals surface area contributed by atoms with E-state index in [0.717, 1.165) is 21.3 Å². The van der Waals surface area contributed by atoms with Crippen LogP contribution in [0.4, 0.5) is 5.69 Å². The Hall–Kier alpha value is -2.15. The molecule has 0 radical (unpaired) electrons. The Morgan fingerprint density at radius 2 is 2.29 bits per heavy atom. The van der Waals surface area contributed by atoms with Gasteiger partial charge in [-0.15, -0.1) is 10.2 Å². The van der Waals surface area contributed by atoms with E-state index in [0.29, 0.717) is 5.69 Å². The monoisotopic (exact) mass is 247 g/mol. The molecule has 0 fully saturated rings. The third-order valence-corrected chi connectivity index (χ3v) is 3.32. The van der Waals surface area contributed by atoms with Crippen LogP contribution in [0.1, 0.15) is 0 Å². The number of aromatic nitrogens is 4. The second-order valence-electron chi connectivity index (χ2n) is 3.42. The number of hydrogen-bond donors (Lipinski definition) is 1. The van der Waals surface area contributed by atoms with Crippen LogP contribution in [0.5, 0.6) is 5.75 Å². The van der Waals surface area contributed by atoms with E-state index in [1.165, 1.54) is 11.3 Å². The lowest BCUT2D eigenvalue weighted by atomic mass is 10.2. The van der Waals surface area contributed by atoms with Crippen LogP contribution in [-0.2, 0) is 0 Å². The van der Waals surface area contributed by atoms with Gasteiger partial charge in [0.15, 0.2) is 0 Å². The van der Waals surface area contributed by atoms with Crippen LogP contribution in [0.2, 0.25) is 0 Å². The molecule has 6 nitrogen and oxygen atoms in total. The van der Waals surface area contributed by atoms with Crippen molar-refractivity contribution < 1.29 is 4.74 Å². The fourth-order valence-electron chi connectivity index (χ4n) is 1.53. The van der Waals surface area contributed by atoms with E-state index in [1.54, 1.807) is 24.0 Å². The number of fused-ring (bicyclic) bond motifs is 1. The van der Waals surface area contributed by atoms with Gasteiger partial charge < -0.3 is 10.5 Å². The van der Waals surface area contributed by atoms with E-state index in [2.05, 4.69) is 15.3 Å². The second-order valence-corrected chi connectivity index (χ2v) is 4.37. The molecule has 1 aromatic carbocycles.